The number of nitrogens with zero attached hydrogens (tertiary/aromatic N) is 2. The average molecular weight is 447 g/mol. The van der Waals surface area contributed by atoms with Crippen molar-refractivity contribution >= 4 is 17.2 Å². The first-order valence-electron chi connectivity index (χ1n) is 11.3. The number of likely N-dealkylation sites (tertiary alicyclic amines) is 1. The predicted molar refractivity (Wildman–Crippen MR) is 128 cm³/mol. The molecule has 3 aromatic rings. The summed E-state index contributed by atoms with van der Waals surface area (Å²) < 4.78 is 5.98. The highest BCUT2D eigenvalue weighted by molar-refractivity contribution is 6.30. The van der Waals surface area contributed by atoms with E-state index in [9.17, 15) is 5.11 Å². The molecule has 164 valence electrons. The Morgan fingerprint density at radius 1 is 1.06 bits per heavy atom. The first-order valence-corrected chi connectivity index (χ1v) is 11.6. The summed E-state index contributed by atoms with van der Waals surface area (Å²) in [6.07, 6.45) is 7.37. The molecule has 2 aromatic carbocycles. The van der Waals surface area contributed by atoms with Gasteiger partial charge in [0.05, 0.1) is 5.69 Å². The van der Waals surface area contributed by atoms with Crippen LogP contribution in [0.5, 0.6) is 11.5 Å². The van der Waals surface area contributed by atoms with E-state index in [-0.39, 0.29) is 5.75 Å². The van der Waals surface area contributed by atoms with Crippen LogP contribution in [0.2, 0.25) is 5.02 Å². The van der Waals surface area contributed by atoms with Crippen LogP contribution in [-0.4, -0.2) is 34.6 Å². The second-order valence-electron chi connectivity index (χ2n) is 8.54. The van der Waals surface area contributed by atoms with Crippen molar-refractivity contribution in [1.82, 2.24) is 9.88 Å². The van der Waals surface area contributed by atoms with Crippen molar-refractivity contribution in [3.8, 4) is 11.5 Å². The van der Waals surface area contributed by atoms with Crippen LogP contribution in [0.1, 0.15) is 47.6 Å². The fraction of sp³-hybridized carbons (Fsp3) is 0.296. The standard InChI is InChI=1S/C27H27ClN2O2/c28-21-7-5-19(6-8-21)20-11-15-30(16-12-20)14-2-4-23-24-3-1-13-29-26(24)18-32-27-10-9-22(31)17-25(23)27/h1,3-10,13,17,20,31H,2,11-12,14-16,18H2. The van der Waals surface area contributed by atoms with Gasteiger partial charge in [-0.2, -0.15) is 0 Å². The van der Waals surface area contributed by atoms with Crippen LogP contribution in [0, 0.1) is 0 Å². The number of aromatic nitrogens is 1. The van der Waals surface area contributed by atoms with Gasteiger partial charge in [-0.05, 0) is 85.8 Å². The normalized spacial score (nSPS) is 18.0. The number of phenols is 1. The molecule has 0 atom stereocenters. The zero-order chi connectivity index (χ0) is 21.9. The van der Waals surface area contributed by atoms with Crippen LogP contribution < -0.4 is 4.74 Å². The number of fused-ring (bicyclic) bond motifs is 2. The number of benzene rings is 2. The number of hydrogen-bond acceptors (Lipinski definition) is 4. The van der Waals surface area contributed by atoms with Crippen LogP contribution in [-0.2, 0) is 6.61 Å². The molecule has 2 aliphatic rings. The van der Waals surface area contributed by atoms with Gasteiger partial charge in [0.25, 0.3) is 0 Å². The topological polar surface area (TPSA) is 45.6 Å². The average Bonchev–Trinajstić information content (AvgIpc) is 2.97. The van der Waals surface area contributed by atoms with Gasteiger partial charge in [-0.3, -0.25) is 4.98 Å². The minimum atomic E-state index is 0.245. The summed E-state index contributed by atoms with van der Waals surface area (Å²) in [5.74, 6) is 1.65. The van der Waals surface area contributed by atoms with Gasteiger partial charge in [0.2, 0.25) is 0 Å². The van der Waals surface area contributed by atoms with E-state index in [1.807, 2.05) is 24.3 Å². The van der Waals surface area contributed by atoms with Gasteiger partial charge >= 0.3 is 0 Å². The van der Waals surface area contributed by atoms with Crippen LogP contribution in [0.15, 0.2) is 66.9 Å². The number of ether oxygens (including phenoxy) is 1. The van der Waals surface area contributed by atoms with Gasteiger partial charge in [0, 0.05) is 28.9 Å². The molecule has 4 nitrogen and oxygen atoms in total. The van der Waals surface area contributed by atoms with Gasteiger partial charge in [0.15, 0.2) is 0 Å². The predicted octanol–water partition coefficient (Wildman–Crippen LogP) is 6.03. The maximum atomic E-state index is 10.1. The highest BCUT2D eigenvalue weighted by Gasteiger charge is 2.22. The van der Waals surface area contributed by atoms with Gasteiger partial charge in [-0.25, -0.2) is 0 Å². The first-order chi connectivity index (χ1) is 15.7. The zero-order valence-electron chi connectivity index (χ0n) is 18.0. The third-order valence-electron chi connectivity index (χ3n) is 6.52. The number of piperidine rings is 1. The lowest BCUT2D eigenvalue weighted by atomic mass is 9.89. The second kappa shape index (κ2) is 9.35. The Bertz CT molecular complexity index is 1120. The molecule has 0 radical (unpaired) electrons. The Morgan fingerprint density at radius 3 is 2.69 bits per heavy atom. The molecule has 0 bridgehead atoms. The van der Waals surface area contributed by atoms with E-state index in [1.165, 1.54) is 18.4 Å². The lowest BCUT2D eigenvalue weighted by Crippen LogP contribution is -2.33. The SMILES string of the molecule is Oc1ccc2c(c1)C(=CCCN1CCC(c3ccc(Cl)cc3)CC1)c1cccnc1CO2. The molecule has 1 aromatic heterocycles. The van der Waals surface area contributed by atoms with Crippen molar-refractivity contribution in [1.29, 1.82) is 0 Å². The van der Waals surface area contributed by atoms with E-state index in [1.54, 1.807) is 18.3 Å². The Balaban J connectivity index is 1.29. The van der Waals surface area contributed by atoms with Crippen molar-refractivity contribution in [3.63, 3.8) is 0 Å². The molecule has 2 aliphatic heterocycles. The first kappa shape index (κ1) is 21.0. The molecule has 5 heteroatoms. The minimum Gasteiger partial charge on any atom is -0.508 e. The molecular weight excluding hydrogens is 420 g/mol. The molecule has 0 amide bonds. The van der Waals surface area contributed by atoms with E-state index in [0.29, 0.717) is 12.5 Å². The molecule has 0 spiro atoms. The van der Waals surface area contributed by atoms with Gasteiger partial charge < -0.3 is 14.7 Å². The molecule has 1 saturated heterocycles. The van der Waals surface area contributed by atoms with Crippen LogP contribution >= 0.6 is 11.6 Å². The summed E-state index contributed by atoms with van der Waals surface area (Å²) in [7, 11) is 0. The van der Waals surface area contributed by atoms with Gasteiger partial charge in [0.1, 0.15) is 18.1 Å². The largest absolute Gasteiger partial charge is 0.508 e. The van der Waals surface area contributed by atoms with Crippen molar-refractivity contribution in [2.75, 3.05) is 19.6 Å². The Labute approximate surface area is 194 Å². The van der Waals surface area contributed by atoms with Crippen molar-refractivity contribution < 1.29 is 9.84 Å². The van der Waals surface area contributed by atoms with E-state index in [2.05, 4.69) is 34.2 Å². The minimum absolute atomic E-state index is 0.245. The zero-order valence-corrected chi connectivity index (χ0v) is 18.8. The molecule has 0 unspecified atom stereocenters. The molecular formula is C27H27ClN2O2. The van der Waals surface area contributed by atoms with Crippen LogP contribution in [0.25, 0.3) is 5.57 Å². The Hall–Kier alpha value is -2.82. The number of aromatic hydroxyl groups is 1. The molecule has 32 heavy (non-hydrogen) atoms. The van der Waals surface area contributed by atoms with E-state index < -0.39 is 0 Å². The molecule has 1 N–H and O–H groups in total. The smallest absolute Gasteiger partial charge is 0.131 e. The molecule has 1 fully saturated rings. The van der Waals surface area contributed by atoms with Gasteiger partial charge in [-0.1, -0.05) is 35.9 Å². The van der Waals surface area contributed by atoms with Crippen molar-refractivity contribution in [2.24, 2.45) is 0 Å². The van der Waals surface area contributed by atoms with Crippen molar-refractivity contribution in [2.45, 2.75) is 31.8 Å². The van der Waals surface area contributed by atoms with E-state index in [0.717, 1.165) is 59.2 Å². The summed E-state index contributed by atoms with van der Waals surface area (Å²) in [6, 6.07) is 17.7. The fourth-order valence-corrected chi connectivity index (χ4v) is 4.91. The number of pyridine rings is 1. The molecule has 3 heterocycles. The summed E-state index contributed by atoms with van der Waals surface area (Å²) >= 11 is 6.04. The summed E-state index contributed by atoms with van der Waals surface area (Å²) in [5, 5.41) is 10.9. The highest BCUT2D eigenvalue weighted by atomic mass is 35.5. The number of rotatable bonds is 4. The van der Waals surface area contributed by atoms with Crippen molar-refractivity contribution in [3.05, 3.63) is 94.3 Å². The Morgan fingerprint density at radius 2 is 1.88 bits per heavy atom. The summed E-state index contributed by atoms with van der Waals surface area (Å²) in [6.45, 7) is 3.66. The number of phenolic OH excluding ortho intramolecular Hbond substituents is 1. The highest BCUT2D eigenvalue weighted by Crippen LogP contribution is 2.38. The number of halogens is 1. The lowest BCUT2D eigenvalue weighted by Gasteiger charge is -2.32. The molecule has 5 rings (SSSR count). The second-order valence-corrected chi connectivity index (χ2v) is 8.98. The van der Waals surface area contributed by atoms with Gasteiger partial charge in [-0.15, -0.1) is 0 Å². The summed E-state index contributed by atoms with van der Waals surface area (Å²) in [4.78, 5) is 7.07. The number of hydrogen-bond donors (Lipinski definition) is 1. The fourth-order valence-electron chi connectivity index (χ4n) is 4.78. The Kier molecular flexibility index (Phi) is 6.15. The van der Waals surface area contributed by atoms with E-state index in [4.69, 9.17) is 16.3 Å². The lowest BCUT2D eigenvalue weighted by molar-refractivity contribution is 0.216. The van der Waals surface area contributed by atoms with Crippen LogP contribution in [0.4, 0.5) is 0 Å². The summed E-state index contributed by atoms with van der Waals surface area (Å²) in [5.41, 5.74) is 5.43. The maximum Gasteiger partial charge on any atom is 0.131 e. The maximum absolute atomic E-state index is 10.1. The third-order valence-corrected chi connectivity index (χ3v) is 6.77. The quantitative estimate of drug-likeness (QED) is 0.531. The van der Waals surface area contributed by atoms with Crippen LogP contribution in [0.3, 0.4) is 0 Å². The molecule has 0 aliphatic carbocycles. The molecule has 0 saturated carbocycles. The van der Waals surface area contributed by atoms with E-state index >= 15 is 0 Å². The third kappa shape index (κ3) is 4.52. The monoisotopic (exact) mass is 446 g/mol.